The van der Waals surface area contributed by atoms with E-state index in [-0.39, 0.29) is 66.8 Å². The molecule has 0 aliphatic rings. The molecule has 0 aromatic rings. The summed E-state index contributed by atoms with van der Waals surface area (Å²) in [4.78, 5) is 0. The van der Waals surface area contributed by atoms with Crippen LogP contribution in [0.25, 0.3) is 0 Å². The van der Waals surface area contributed by atoms with Gasteiger partial charge in [0.15, 0.2) is 0 Å². The van der Waals surface area contributed by atoms with Gasteiger partial charge in [-0.3, -0.25) is 0 Å². The molecule has 0 aromatic carbocycles. The fraction of sp³-hybridized carbons (Fsp3) is 0. The third kappa shape index (κ3) is 8.99. The molecule has 4 heteroatoms. The first-order chi connectivity index (χ1) is 0. The van der Waals surface area contributed by atoms with Crippen LogP contribution >= 0.6 is 0 Å². The van der Waals surface area contributed by atoms with Crippen molar-refractivity contribution in [3.8, 4) is 0 Å². The maximum Gasteiger partial charge on any atom is 0 e. The van der Waals surface area contributed by atoms with Crippen LogP contribution in [0.1, 0.15) is 0 Å². The Balaban J connectivity index is 0. The molecular weight excluding hydrogens is 240 g/mol. The molecule has 0 saturated carbocycles. The Morgan fingerprint density at radius 3 is 0.750 bits per heavy atom. The first kappa shape index (κ1) is 37.3. The van der Waals surface area contributed by atoms with E-state index in [0.717, 1.165) is 0 Å². The van der Waals surface area contributed by atoms with Crippen LogP contribution in [0.5, 0.6) is 0 Å². The minimum absolute atomic E-state index is 0. The van der Waals surface area contributed by atoms with Crippen molar-refractivity contribution in [3.63, 3.8) is 0 Å². The maximum absolute atomic E-state index is 0. The van der Waals surface area contributed by atoms with Crippen molar-refractivity contribution in [2.75, 3.05) is 0 Å². The van der Waals surface area contributed by atoms with Crippen molar-refractivity contribution >= 4 is 0 Å². The van der Waals surface area contributed by atoms with Crippen molar-refractivity contribution in [1.82, 2.24) is 0 Å². The smallest absolute Gasteiger partial charge is 0 e. The summed E-state index contributed by atoms with van der Waals surface area (Å²) in [5, 5.41) is 0. The van der Waals surface area contributed by atoms with Gasteiger partial charge in [-0.15, -0.1) is 0 Å². The van der Waals surface area contributed by atoms with Crippen molar-refractivity contribution in [2.45, 2.75) is 0 Å². The van der Waals surface area contributed by atoms with E-state index >= 15 is 0 Å². The van der Waals surface area contributed by atoms with E-state index in [1.165, 1.54) is 0 Å². The quantitative estimate of drug-likeness (QED) is 0.522. The van der Waals surface area contributed by atoms with Crippen LogP contribution in [-0.4, -0.2) is 0 Å². The first-order valence-electron chi connectivity index (χ1n) is 0. The number of hydrogen-bond acceptors (Lipinski definition) is 0. The Hall–Kier alpha value is 2.01. The summed E-state index contributed by atoms with van der Waals surface area (Å²) in [6, 6.07) is 0. The van der Waals surface area contributed by atoms with Crippen LogP contribution in [-0.2, 0) is 66.8 Å². The third-order valence-corrected chi connectivity index (χ3v) is 0. The molecule has 0 nitrogen and oxygen atoms in total. The van der Waals surface area contributed by atoms with Crippen LogP contribution in [0.2, 0.25) is 0 Å². The minimum Gasteiger partial charge on any atom is 0 e. The molecule has 0 amide bonds. The van der Waals surface area contributed by atoms with E-state index in [0.29, 0.717) is 0 Å². The predicted molar refractivity (Wildman–Crippen MR) is 0 cm³/mol. The Morgan fingerprint density at radius 2 is 0.750 bits per heavy atom. The summed E-state index contributed by atoms with van der Waals surface area (Å²) in [6.07, 6.45) is 0. The van der Waals surface area contributed by atoms with Crippen molar-refractivity contribution < 1.29 is 66.8 Å². The van der Waals surface area contributed by atoms with Gasteiger partial charge in [0.2, 0.25) is 0 Å². The second-order valence-electron chi connectivity index (χ2n) is 0. The van der Waals surface area contributed by atoms with Gasteiger partial charge in [0.25, 0.3) is 0 Å². The molecule has 0 fully saturated rings. The molecule has 0 aliphatic carbocycles. The summed E-state index contributed by atoms with van der Waals surface area (Å²) in [6.45, 7) is 0. The van der Waals surface area contributed by atoms with E-state index < -0.39 is 0 Å². The summed E-state index contributed by atoms with van der Waals surface area (Å²) in [5.74, 6) is 0. The largest absolute Gasteiger partial charge is 0 e. The predicted octanol–water partition coefficient (Wildman–Crippen LogP) is -0.0100. The molecule has 40 valence electrons. The van der Waals surface area contributed by atoms with Crippen molar-refractivity contribution in [1.29, 1.82) is 0 Å². The molecule has 0 aliphatic heterocycles. The van der Waals surface area contributed by atoms with Gasteiger partial charge in [-0.2, -0.15) is 0 Å². The van der Waals surface area contributed by atoms with Gasteiger partial charge in [0, 0.05) is 66.8 Å². The Kier molecular flexibility index (Phi) is 186. The van der Waals surface area contributed by atoms with Gasteiger partial charge in [-0.05, 0) is 0 Å². The molecule has 0 heterocycles. The van der Waals surface area contributed by atoms with Gasteiger partial charge in [0.1, 0.15) is 0 Å². The van der Waals surface area contributed by atoms with Crippen molar-refractivity contribution in [2.24, 2.45) is 0 Å². The molecule has 0 atom stereocenters. The van der Waals surface area contributed by atoms with Crippen molar-refractivity contribution in [3.05, 3.63) is 0 Å². The molecule has 0 spiro atoms. The van der Waals surface area contributed by atoms with Gasteiger partial charge in [-0.25, -0.2) is 0 Å². The van der Waals surface area contributed by atoms with E-state index in [4.69, 9.17) is 0 Å². The molecule has 0 saturated heterocycles. The molecule has 4 heavy (non-hydrogen) atoms. The van der Waals surface area contributed by atoms with Crippen LogP contribution in [0.3, 0.4) is 0 Å². The molecule has 2 radical (unpaired) electrons. The van der Waals surface area contributed by atoms with Gasteiger partial charge < -0.3 is 0 Å². The first-order valence-corrected chi connectivity index (χ1v) is 0. The summed E-state index contributed by atoms with van der Waals surface area (Å²) < 4.78 is 0. The van der Waals surface area contributed by atoms with E-state index in [9.17, 15) is 0 Å². The second-order valence-corrected chi connectivity index (χ2v) is 0. The summed E-state index contributed by atoms with van der Waals surface area (Å²) in [7, 11) is 0. The molecule has 0 rings (SSSR count). The van der Waals surface area contributed by atoms with Gasteiger partial charge >= 0.3 is 0 Å². The van der Waals surface area contributed by atoms with Gasteiger partial charge in [0.05, 0.1) is 0 Å². The molecule has 0 bridgehead atoms. The Labute approximate surface area is 66.4 Å². The summed E-state index contributed by atoms with van der Waals surface area (Å²) >= 11 is 0. The average molecular weight is 240 g/mol. The fourth-order valence-electron chi connectivity index (χ4n) is 0. The Morgan fingerprint density at radius 1 is 0.750 bits per heavy atom. The zero-order valence-electron chi connectivity index (χ0n) is 1.27. The monoisotopic (exact) mass is 238 g/mol. The maximum atomic E-state index is 0. The standard InChI is InChI=1S/Co.Cu.2Ni. The third-order valence-electron chi connectivity index (χ3n) is 0. The molecule has 0 aromatic heterocycles. The molecular formula is CoCuNi2. The average Bonchev–Trinajstić information content (AvgIpc) is 0. The normalized spacial score (nSPS) is 0. The number of hydrogen-bond donors (Lipinski definition) is 0. The minimum atomic E-state index is 0. The van der Waals surface area contributed by atoms with E-state index in [1.807, 2.05) is 0 Å². The topological polar surface area (TPSA) is 0 Å². The molecule has 0 unspecified atom stereocenters. The SMILES string of the molecule is [Co].[Cu].[Ni].[Ni]. The molecule has 0 N–H and O–H groups in total. The van der Waals surface area contributed by atoms with Crippen LogP contribution in [0.15, 0.2) is 0 Å². The summed E-state index contributed by atoms with van der Waals surface area (Å²) in [5.41, 5.74) is 0. The zero-order valence-corrected chi connectivity index (χ0v) is 5.23. The van der Waals surface area contributed by atoms with E-state index in [2.05, 4.69) is 0 Å². The number of rotatable bonds is 0. The van der Waals surface area contributed by atoms with Gasteiger partial charge in [-0.1, -0.05) is 0 Å². The fourth-order valence-corrected chi connectivity index (χ4v) is 0. The van der Waals surface area contributed by atoms with Crippen LogP contribution in [0.4, 0.5) is 0 Å². The second kappa shape index (κ2) is 19.9. The zero-order chi connectivity index (χ0) is 0. The van der Waals surface area contributed by atoms with Crippen LogP contribution < -0.4 is 0 Å². The van der Waals surface area contributed by atoms with Crippen LogP contribution in [0, 0.1) is 0 Å². The van der Waals surface area contributed by atoms with E-state index in [1.54, 1.807) is 0 Å². The Bertz CT molecular complexity index is 6.00.